The molecule has 166 valence electrons. The van der Waals surface area contributed by atoms with Crippen molar-refractivity contribution in [1.82, 2.24) is 10.2 Å². The van der Waals surface area contributed by atoms with Gasteiger partial charge in [-0.05, 0) is 38.1 Å². The first-order valence-electron chi connectivity index (χ1n) is 10.7. The smallest absolute Gasteiger partial charge is 0.267 e. The molecule has 0 unspecified atom stereocenters. The molecule has 2 atom stereocenters. The number of morpholine rings is 1. The van der Waals surface area contributed by atoms with Gasteiger partial charge in [0.2, 0.25) is 5.91 Å². The topological polar surface area (TPSA) is 84.2 Å². The second-order valence-electron chi connectivity index (χ2n) is 7.88. The van der Waals surface area contributed by atoms with E-state index in [1.807, 2.05) is 43.3 Å². The number of rotatable bonds is 7. The van der Waals surface area contributed by atoms with Crippen molar-refractivity contribution in [2.75, 3.05) is 44.3 Å². The minimum atomic E-state index is -0.564. The Morgan fingerprint density at radius 2 is 1.97 bits per heavy atom. The van der Waals surface area contributed by atoms with Gasteiger partial charge >= 0.3 is 0 Å². The predicted molar refractivity (Wildman–Crippen MR) is 115 cm³/mol. The highest BCUT2D eigenvalue weighted by Gasteiger charge is 2.31. The lowest BCUT2D eigenvalue weighted by Gasteiger charge is -2.34. The lowest BCUT2D eigenvalue weighted by atomic mass is 10.1. The van der Waals surface area contributed by atoms with Crippen LogP contribution < -0.4 is 15.0 Å². The van der Waals surface area contributed by atoms with Gasteiger partial charge in [0.05, 0.1) is 24.9 Å². The zero-order chi connectivity index (χ0) is 21.8. The molecule has 8 nitrogen and oxygen atoms in total. The summed E-state index contributed by atoms with van der Waals surface area (Å²) in [6.45, 7) is 7.30. The van der Waals surface area contributed by atoms with Crippen LogP contribution in [-0.2, 0) is 14.3 Å². The SMILES string of the molecule is Cc1ccc([C@H](CNC(=O)CCN2C(=O)[C@H](C)Oc3ccccc32)N2CCOCC2)o1. The molecular formula is C23H29N3O5. The van der Waals surface area contributed by atoms with Crippen molar-refractivity contribution in [1.29, 1.82) is 0 Å². The summed E-state index contributed by atoms with van der Waals surface area (Å²) in [6.07, 6.45) is -0.356. The van der Waals surface area contributed by atoms with E-state index in [4.69, 9.17) is 13.9 Å². The molecule has 1 aromatic heterocycles. The van der Waals surface area contributed by atoms with Crippen LogP contribution in [0.3, 0.4) is 0 Å². The number of benzene rings is 1. The zero-order valence-electron chi connectivity index (χ0n) is 18.0. The third-order valence-electron chi connectivity index (χ3n) is 5.70. The fourth-order valence-corrected chi connectivity index (χ4v) is 4.03. The van der Waals surface area contributed by atoms with Crippen molar-refractivity contribution in [2.24, 2.45) is 0 Å². The Hall–Kier alpha value is -2.84. The summed E-state index contributed by atoms with van der Waals surface area (Å²) in [5.74, 6) is 2.11. The summed E-state index contributed by atoms with van der Waals surface area (Å²) in [7, 11) is 0. The fourth-order valence-electron chi connectivity index (χ4n) is 4.03. The van der Waals surface area contributed by atoms with Gasteiger partial charge in [0.1, 0.15) is 17.3 Å². The van der Waals surface area contributed by atoms with Crippen LogP contribution >= 0.6 is 0 Å². The minimum absolute atomic E-state index is 0.0488. The molecule has 2 amide bonds. The molecule has 0 saturated carbocycles. The molecule has 31 heavy (non-hydrogen) atoms. The summed E-state index contributed by atoms with van der Waals surface area (Å²) >= 11 is 0. The number of carbonyl (C=O) groups excluding carboxylic acids is 2. The van der Waals surface area contributed by atoms with Gasteiger partial charge in [0.15, 0.2) is 6.10 Å². The van der Waals surface area contributed by atoms with E-state index in [2.05, 4.69) is 10.2 Å². The summed E-state index contributed by atoms with van der Waals surface area (Å²) in [5.41, 5.74) is 0.704. The highest BCUT2D eigenvalue weighted by atomic mass is 16.5. The maximum absolute atomic E-state index is 12.7. The van der Waals surface area contributed by atoms with Crippen LogP contribution in [0.25, 0.3) is 0 Å². The van der Waals surface area contributed by atoms with E-state index in [9.17, 15) is 9.59 Å². The minimum Gasteiger partial charge on any atom is -0.479 e. The van der Waals surface area contributed by atoms with E-state index in [1.165, 1.54) is 0 Å². The maximum Gasteiger partial charge on any atom is 0.267 e. The average Bonchev–Trinajstić information content (AvgIpc) is 3.21. The molecule has 0 bridgehead atoms. The molecule has 8 heteroatoms. The van der Waals surface area contributed by atoms with Gasteiger partial charge in [-0.15, -0.1) is 0 Å². The van der Waals surface area contributed by atoms with Crippen molar-refractivity contribution in [3.05, 3.63) is 47.9 Å². The number of para-hydroxylation sites is 2. The quantitative estimate of drug-likeness (QED) is 0.730. The molecule has 0 spiro atoms. The van der Waals surface area contributed by atoms with Gasteiger partial charge in [-0.1, -0.05) is 12.1 Å². The number of amides is 2. The van der Waals surface area contributed by atoms with E-state index in [-0.39, 0.29) is 24.3 Å². The lowest BCUT2D eigenvalue weighted by Crippen LogP contribution is -2.46. The van der Waals surface area contributed by atoms with Crippen LogP contribution in [-0.4, -0.2) is 62.2 Å². The number of furan rings is 1. The summed E-state index contributed by atoms with van der Waals surface area (Å²) in [5, 5.41) is 3.03. The van der Waals surface area contributed by atoms with Crippen molar-refractivity contribution >= 4 is 17.5 Å². The number of nitrogens with zero attached hydrogens (tertiary/aromatic N) is 2. The molecule has 0 aliphatic carbocycles. The summed E-state index contributed by atoms with van der Waals surface area (Å²) in [4.78, 5) is 29.2. The van der Waals surface area contributed by atoms with Gasteiger partial charge in [0.25, 0.3) is 5.91 Å². The summed E-state index contributed by atoms with van der Waals surface area (Å²) in [6, 6.07) is 11.3. The van der Waals surface area contributed by atoms with Crippen LogP contribution in [0.5, 0.6) is 5.75 Å². The monoisotopic (exact) mass is 427 g/mol. The molecular weight excluding hydrogens is 398 g/mol. The molecule has 1 saturated heterocycles. The molecule has 2 aliphatic heterocycles. The van der Waals surface area contributed by atoms with Crippen LogP contribution in [0.4, 0.5) is 5.69 Å². The van der Waals surface area contributed by atoms with Gasteiger partial charge in [-0.2, -0.15) is 0 Å². The highest BCUT2D eigenvalue weighted by molar-refractivity contribution is 6.00. The highest BCUT2D eigenvalue weighted by Crippen LogP contribution is 2.33. The Morgan fingerprint density at radius 3 is 2.71 bits per heavy atom. The number of anilines is 1. The number of nitrogens with one attached hydrogen (secondary N) is 1. The molecule has 0 radical (unpaired) electrons. The van der Waals surface area contributed by atoms with Crippen molar-refractivity contribution < 1.29 is 23.5 Å². The number of ether oxygens (including phenoxy) is 2. The number of hydrogen-bond donors (Lipinski definition) is 1. The standard InChI is InChI=1S/C23H29N3O5/c1-16-7-8-21(30-16)19(25-11-13-29-14-12-25)15-24-22(27)9-10-26-18-5-3-4-6-20(18)31-17(2)23(26)28/h3-8,17,19H,9-15H2,1-2H3,(H,24,27)/t17-,19-/m0/s1. The maximum atomic E-state index is 12.7. The van der Waals surface area contributed by atoms with E-state index in [0.29, 0.717) is 37.7 Å². The Morgan fingerprint density at radius 1 is 1.19 bits per heavy atom. The van der Waals surface area contributed by atoms with Crippen molar-refractivity contribution in [3.8, 4) is 5.75 Å². The lowest BCUT2D eigenvalue weighted by molar-refractivity contribution is -0.125. The van der Waals surface area contributed by atoms with Gasteiger partial charge in [-0.25, -0.2) is 0 Å². The Labute approximate surface area is 182 Å². The predicted octanol–water partition coefficient (Wildman–Crippen LogP) is 2.28. The first-order valence-corrected chi connectivity index (χ1v) is 10.7. The van der Waals surface area contributed by atoms with E-state index in [0.717, 1.165) is 24.6 Å². The first-order chi connectivity index (χ1) is 15.0. The third-order valence-corrected chi connectivity index (χ3v) is 5.70. The van der Waals surface area contributed by atoms with Gasteiger partial charge in [-0.3, -0.25) is 14.5 Å². The average molecular weight is 428 g/mol. The third kappa shape index (κ3) is 4.91. The number of hydrogen-bond acceptors (Lipinski definition) is 6. The normalized spacial score (nSPS) is 20.1. The second kappa shape index (κ2) is 9.53. The van der Waals surface area contributed by atoms with Crippen molar-refractivity contribution in [2.45, 2.75) is 32.4 Å². The van der Waals surface area contributed by atoms with Crippen LogP contribution in [0.2, 0.25) is 0 Å². The van der Waals surface area contributed by atoms with E-state index in [1.54, 1.807) is 11.8 Å². The molecule has 3 heterocycles. The molecule has 2 aromatic rings. The van der Waals surface area contributed by atoms with E-state index >= 15 is 0 Å². The zero-order valence-corrected chi connectivity index (χ0v) is 18.0. The number of aryl methyl sites for hydroxylation is 1. The second-order valence-corrected chi connectivity index (χ2v) is 7.88. The summed E-state index contributed by atoms with van der Waals surface area (Å²) < 4.78 is 17.0. The Balaban J connectivity index is 1.37. The fraction of sp³-hybridized carbons (Fsp3) is 0.478. The number of fused-ring (bicyclic) bond motifs is 1. The van der Waals surface area contributed by atoms with Crippen molar-refractivity contribution in [3.63, 3.8) is 0 Å². The molecule has 4 rings (SSSR count). The first kappa shape index (κ1) is 21.4. The molecule has 2 aliphatic rings. The number of carbonyl (C=O) groups is 2. The van der Waals surface area contributed by atoms with Gasteiger partial charge < -0.3 is 24.1 Å². The molecule has 1 fully saturated rings. The Bertz CT molecular complexity index is 921. The molecule has 1 N–H and O–H groups in total. The van der Waals surface area contributed by atoms with Gasteiger partial charge in [0, 0.05) is 32.6 Å². The Kier molecular flexibility index (Phi) is 6.58. The molecule has 1 aromatic carbocycles. The largest absolute Gasteiger partial charge is 0.479 e. The van der Waals surface area contributed by atoms with Crippen LogP contribution in [0.15, 0.2) is 40.8 Å². The van der Waals surface area contributed by atoms with E-state index < -0.39 is 6.10 Å². The van der Waals surface area contributed by atoms with Crippen LogP contribution in [0.1, 0.15) is 30.9 Å². The van der Waals surface area contributed by atoms with Crippen LogP contribution in [0, 0.1) is 6.92 Å².